The molecule has 2 aromatic heterocycles. The van der Waals surface area contributed by atoms with Crippen LogP contribution in [-0.4, -0.2) is 30.2 Å². The fraction of sp³-hybridized carbons (Fsp3) is 0.125. The van der Waals surface area contributed by atoms with Crippen molar-refractivity contribution in [3.63, 3.8) is 0 Å². The smallest absolute Gasteiger partial charge is 0.155 e. The minimum Gasteiger partial charge on any atom is -0.261 e. The Balaban J connectivity index is 1.51. The van der Waals surface area contributed by atoms with Crippen molar-refractivity contribution in [3.8, 4) is 0 Å². The van der Waals surface area contributed by atoms with Crippen molar-refractivity contribution in [3.05, 3.63) is 71.8 Å². The number of benzene rings is 2. The zero-order valence-electron chi connectivity index (χ0n) is 11.8. The molecule has 0 saturated carbocycles. The van der Waals surface area contributed by atoms with Crippen LogP contribution in [0.2, 0.25) is 0 Å². The third kappa shape index (κ3) is 2.58. The van der Waals surface area contributed by atoms with Crippen LogP contribution in [-0.2, 0) is 13.0 Å². The monoisotopic (exact) mass is 290 g/mol. The van der Waals surface area contributed by atoms with Gasteiger partial charge in [-0.15, -0.1) is 0 Å². The Morgan fingerprint density at radius 2 is 1.55 bits per heavy atom. The van der Waals surface area contributed by atoms with Crippen molar-refractivity contribution >= 4 is 11.0 Å². The Morgan fingerprint density at radius 1 is 0.864 bits per heavy atom. The first-order valence-electron chi connectivity index (χ1n) is 7.11. The molecule has 0 unspecified atom stereocenters. The minimum absolute atomic E-state index is 0.483. The van der Waals surface area contributed by atoms with E-state index in [0.29, 0.717) is 13.0 Å². The summed E-state index contributed by atoms with van der Waals surface area (Å²) >= 11 is 0. The normalized spacial score (nSPS) is 11.1. The van der Waals surface area contributed by atoms with Gasteiger partial charge in [-0.2, -0.15) is 20.1 Å². The van der Waals surface area contributed by atoms with Gasteiger partial charge in [0, 0.05) is 6.42 Å². The molecule has 0 aliphatic carbocycles. The van der Waals surface area contributed by atoms with Crippen LogP contribution in [0.15, 0.2) is 54.6 Å². The molecule has 0 bridgehead atoms. The van der Waals surface area contributed by atoms with Crippen molar-refractivity contribution in [1.29, 1.82) is 0 Å². The molecular weight excluding hydrogens is 276 g/mol. The van der Waals surface area contributed by atoms with Crippen molar-refractivity contribution < 1.29 is 0 Å². The van der Waals surface area contributed by atoms with Crippen LogP contribution in [0.3, 0.4) is 0 Å². The van der Waals surface area contributed by atoms with Crippen LogP contribution in [0, 0.1) is 0 Å². The highest BCUT2D eigenvalue weighted by atomic mass is 15.5. The van der Waals surface area contributed by atoms with Crippen molar-refractivity contribution in [1.82, 2.24) is 30.2 Å². The third-order valence-electron chi connectivity index (χ3n) is 3.40. The predicted molar refractivity (Wildman–Crippen MR) is 82.3 cm³/mol. The third-order valence-corrected chi connectivity index (χ3v) is 3.40. The second kappa shape index (κ2) is 5.40. The summed E-state index contributed by atoms with van der Waals surface area (Å²) in [6.45, 7) is 0.483. The number of aromatic amines is 1. The van der Waals surface area contributed by atoms with E-state index in [1.54, 1.807) is 4.80 Å². The van der Waals surface area contributed by atoms with Gasteiger partial charge in [-0.3, -0.25) is 5.10 Å². The average Bonchev–Trinajstić information content (AvgIpc) is 3.14. The lowest BCUT2D eigenvalue weighted by molar-refractivity contribution is 0.580. The number of fused-ring (bicyclic) bond motifs is 1. The maximum atomic E-state index is 4.50. The minimum atomic E-state index is 0.483. The van der Waals surface area contributed by atoms with Gasteiger partial charge in [0.05, 0.1) is 0 Å². The summed E-state index contributed by atoms with van der Waals surface area (Å²) < 4.78 is 0. The van der Waals surface area contributed by atoms with Crippen molar-refractivity contribution in [2.75, 3.05) is 0 Å². The fourth-order valence-electron chi connectivity index (χ4n) is 2.37. The van der Waals surface area contributed by atoms with Crippen LogP contribution in [0.1, 0.15) is 17.2 Å². The van der Waals surface area contributed by atoms with E-state index in [0.717, 1.165) is 22.7 Å². The quantitative estimate of drug-likeness (QED) is 0.625. The van der Waals surface area contributed by atoms with E-state index in [9.17, 15) is 0 Å². The summed E-state index contributed by atoms with van der Waals surface area (Å²) in [7, 11) is 0. The van der Waals surface area contributed by atoms with Gasteiger partial charge in [-0.25, -0.2) is 4.98 Å². The number of hydrogen-bond donors (Lipinski definition) is 1. The first-order valence-corrected chi connectivity index (χ1v) is 7.11. The number of nitrogens with zero attached hydrogens (tertiary/aromatic N) is 5. The SMILES string of the molecule is c1ccc(Cc2n[nH]c(Cn3nc4ccccc4n3)n2)cc1. The second-order valence-electron chi connectivity index (χ2n) is 5.08. The summed E-state index contributed by atoms with van der Waals surface area (Å²) in [5, 5.41) is 16.1. The summed E-state index contributed by atoms with van der Waals surface area (Å²) in [6.07, 6.45) is 0.714. The van der Waals surface area contributed by atoms with E-state index in [4.69, 9.17) is 0 Å². The van der Waals surface area contributed by atoms with E-state index >= 15 is 0 Å². The molecule has 0 aliphatic rings. The second-order valence-corrected chi connectivity index (χ2v) is 5.08. The number of hydrogen-bond acceptors (Lipinski definition) is 4. The molecule has 108 valence electrons. The molecule has 6 heteroatoms. The molecule has 0 aliphatic heterocycles. The van der Waals surface area contributed by atoms with E-state index < -0.39 is 0 Å². The molecule has 2 heterocycles. The molecule has 0 spiro atoms. The summed E-state index contributed by atoms with van der Waals surface area (Å²) in [4.78, 5) is 6.14. The zero-order valence-corrected chi connectivity index (χ0v) is 11.8. The molecule has 0 atom stereocenters. The topological polar surface area (TPSA) is 72.3 Å². The molecule has 4 rings (SSSR count). The Kier molecular flexibility index (Phi) is 3.12. The van der Waals surface area contributed by atoms with Gasteiger partial charge in [0.2, 0.25) is 0 Å². The Bertz CT molecular complexity index is 860. The largest absolute Gasteiger partial charge is 0.261 e. The maximum Gasteiger partial charge on any atom is 0.155 e. The highest BCUT2D eigenvalue weighted by Crippen LogP contribution is 2.09. The number of nitrogens with one attached hydrogen (secondary N) is 1. The fourth-order valence-corrected chi connectivity index (χ4v) is 2.37. The summed E-state index contributed by atoms with van der Waals surface area (Å²) in [6, 6.07) is 18.0. The average molecular weight is 290 g/mol. The molecule has 4 aromatic rings. The molecule has 0 amide bonds. The highest BCUT2D eigenvalue weighted by molar-refractivity contribution is 5.72. The van der Waals surface area contributed by atoms with Crippen LogP contribution >= 0.6 is 0 Å². The lowest BCUT2D eigenvalue weighted by atomic mass is 10.1. The van der Waals surface area contributed by atoms with Gasteiger partial charge in [0.1, 0.15) is 23.4 Å². The molecule has 6 nitrogen and oxygen atoms in total. The first kappa shape index (κ1) is 12.7. The molecule has 0 saturated heterocycles. The maximum absolute atomic E-state index is 4.50. The summed E-state index contributed by atoms with van der Waals surface area (Å²) in [5.41, 5.74) is 2.95. The number of rotatable bonds is 4. The molecule has 0 fully saturated rings. The predicted octanol–water partition coefficient (Wildman–Crippen LogP) is 2.19. The van der Waals surface area contributed by atoms with Crippen molar-refractivity contribution in [2.45, 2.75) is 13.0 Å². The van der Waals surface area contributed by atoms with E-state index in [1.807, 2.05) is 42.5 Å². The zero-order chi connectivity index (χ0) is 14.8. The standard InChI is InChI=1S/C16H14N6/c1-2-6-12(7-3-1)10-15-17-16(19-18-15)11-22-20-13-8-4-5-9-14(13)21-22/h1-9H,10-11H2,(H,17,18,19). The Labute approximate surface area is 126 Å². The van der Waals surface area contributed by atoms with Gasteiger partial charge in [-0.1, -0.05) is 42.5 Å². The van der Waals surface area contributed by atoms with Gasteiger partial charge in [-0.05, 0) is 17.7 Å². The van der Waals surface area contributed by atoms with Crippen LogP contribution in [0.25, 0.3) is 11.0 Å². The molecule has 2 aromatic carbocycles. The lowest BCUT2D eigenvalue weighted by Gasteiger charge is -1.95. The van der Waals surface area contributed by atoms with Crippen molar-refractivity contribution in [2.24, 2.45) is 0 Å². The van der Waals surface area contributed by atoms with E-state index in [1.165, 1.54) is 5.56 Å². The number of H-pyrrole nitrogens is 1. The van der Waals surface area contributed by atoms with Crippen LogP contribution < -0.4 is 0 Å². The Morgan fingerprint density at radius 3 is 2.27 bits per heavy atom. The molecule has 22 heavy (non-hydrogen) atoms. The molecule has 1 N–H and O–H groups in total. The highest BCUT2D eigenvalue weighted by Gasteiger charge is 2.07. The van der Waals surface area contributed by atoms with Gasteiger partial charge < -0.3 is 0 Å². The van der Waals surface area contributed by atoms with E-state index in [2.05, 4.69) is 37.5 Å². The van der Waals surface area contributed by atoms with E-state index in [-0.39, 0.29) is 0 Å². The lowest BCUT2D eigenvalue weighted by Crippen LogP contribution is -2.05. The molecular formula is C16H14N6. The van der Waals surface area contributed by atoms with Gasteiger partial charge in [0.15, 0.2) is 5.82 Å². The molecule has 0 radical (unpaired) electrons. The van der Waals surface area contributed by atoms with Crippen LogP contribution in [0.4, 0.5) is 0 Å². The van der Waals surface area contributed by atoms with Crippen LogP contribution in [0.5, 0.6) is 0 Å². The summed E-state index contributed by atoms with van der Waals surface area (Å²) in [5.74, 6) is 1.53. The van der Waals surface area contributed by atoms with Gasteiger partial charge >= 0.3 is 0 Å². The Hall–Kier alpha value is -3.02. The number of aromatic nitrogens is 6. The van der Waals surface area contributed by atoms with Gasteiger partial charge in [0.25, 0.3) is 0 Å². The first-order chi connectivity index (χ1) is 10.9.